The van der Waals surface area contributed by atoms with Gasteiger partial charge in [-0.1, -0.05) is 66.8 Å². The number of anilines is 2. The molecule has 4 amide bonds. The molecule has 0 fully saturated rings. The molecule has 5 aliphatic rings. The Balaban J connectivity index is 1.28. The van der Waals surface area contributed by atoms with Crippen molar-refractivity contribution in [3.05, 3.63) is 166 Å². The van der Waals surface area contributed by atoms with E-state index in [2.05, 4.69) is 5.73 Å². The van der Waals surface area contributed by atoms with Gasteiger partial charge in [0.1, 0.15) is 0 Å². The van der Waals surface area contributed by atoms with E-state index in [-0.39, 0.29) is 23.6 Å². The topological polar surface area (TPSA) is 74.8 Å². The first-order valence-electron chi connectivity index (χ1n) is 14.4. The Morgan fingerprint density at radius 3 is 2.07 bits per heavy atom. The number of benzene rings is 3. The summed E-state index contributed by atoms with van der Waals surface area (Å²) in [6.45, 7) is 1.98. The van der Waals surface area contributed by atoms with Crippen LogP contribution in [0.15, 0.2) is 143 Å². The predicted octanol–water partition coefficient (Wildman–Crippen LogP) is 6.13. The maximum absolute atomic E-state index is 13.9. The number of rotatable bonds is 2. The molecule has 3 aromatic carbocycles. The number of amides is 4. The van der Waals surface area contributed by atoms with Crippen molar-refractivity contribution in [2.24, 2.45) is 5.41 Å². The van der Waals surface area contributed by atoms with Gasteiger partial charge in [-0.05, 0) is 73.0 Å². The van der Waals surface area contributed by atoms with Crippen molar-refractivity contribution in [2.75, 3.05) is 9.80 Å². The molecule has 210 valence electrons. The number of hydrogen-bond donors (Lipinski definition) is 0. The number of nitrogens with zero attached hydrogens (tertiary/aromatic N) is 2. The largest absolute Gasteiger partial charge is 0.268 e. The van der Waals surface area contributed by atoms with Crippen LogP contribution in [0.25, 0.3) is 5.57 Å². The molecule has 3 aromatic rings. The SMILES string of the molecule is Cc1ccc2c3c1CC1(C=CC4=C5C1=C=CC=C5C(=O)N(c1ccccc1)C4=O)/C=C/C=C3C(=O)N(c1ccccc1)C2=O. The summed E-state index contributed by atoms with van der Waals surface area (Å²) in [5, 5.41) is 0. The van der Waals surface area contributed by atoms with Crippen molar-refractivity contribution in [2.45, 2.75) is 13.3 Å². The molecule has 6 heteroatoms. The van der Waals surface area contributed by atoms with Crippen molar-refractivity contribution < 1.29 is 19.2 Å². The molecule has 8 rings (SSSR count). The first kappa shape index (κ1) is 25.8. The molecule has 3 aliphatic carbocycles. The van der Waals surface area contributed by atoms with Crippen LogP contribution in [-0.4, -0.2) is 23.6 Å². The summed E-state index contributed by atoms with van der Waals surface area (Å²) in [4.78, 5) is 57.8. The third-order valence-electron chi connectivity index (χ3n) is 8.98. The first-order chi connectivity index (χ1) is 21.4. The lowest BCUT2D eigenvalue weighted by Gasteiger charge is -2.41. The van der Waals surface area contributed by atoms with Crippen LogP contribution in [0.5, 0.6) is 0 Å². The van der Waals surface area contributed by atoms with E-state index in [1.54, 1.807) is 78.9 Å². The van der Waals surface area contributed by atoms with Gasteiger partial charge in [0, 0.05) is 44.4 Å². The van der Waals surface area contributed by atoms with Crippen LogP contribution in [0.1, 0.15) is 27.0 Å². The van der Waals surface area contributed by atoms with Crippen molar-refractivity contribution in [3.8, 4) is 0 Å². The molecule has 0 aromatic heterocycles. The van der Waals surface area contributed by atoms with Gasteiger partial charge in [-0.2, -0.15) is 0 Å². The van der Waals surface area contributed by atoms with E-state index in [9.17, 15) is 19.2 Å². The molecule has 1 spiro atoms. The second-order valence-electron chi connectivity index (χ2n) is 11.4. The van der Waals surface area contributed by atoms with E-state index in [0.29, 0.717) is 56.8 Å². The smallest absolute Gasteiger partial charge is 0.266 e. The molecule has 0 N–H and O–H groups in total. The van der Waals surface area contributed by atoms with Gasteiger partial charge < -0.3 is 0 Å². The minimum absolute atomic E-state index is 0.371. The zero-order valence-electron chi connectivity index (χ0n) is 23.7. The normalized spacial score (nSPS) is 22.2. The monoisotopic (exact) mass is 572 g/mol. The lowest BCUT2D eigenvalue weighted by Crippen LogP contribution is -2.46. The van der Waals surface area contributed by atoms with Crippen molar-refractivity contribution in [3.63, 3.8) is 0 Å². The summed E-state index contributed by atoms with van der Waals surface area (Å²) >= 11 is 0. The van der Waals surface area contributed by atoms with Gasteiger partial charge in [-0.15, -0.1) is 5.73 Å². The zero-order valence-corrected chi connectivity index (χ0v) is 23.7. The molecule has 0 saturated carbocycles. The van der Waals surface area contributed by atoms with Crippen LogP contribution < -0.4 is 9.80 Å². The summed E-state index contributed by atoms with van der Waals surface area (Å²) in [6, 6.07) is 21.6. The number of hydrogen-bond acceptors (Lipinski definition) is 4. The maximum atomic E-state index is 13.9. The molecule has 0 bridgehead atoms. The Morgan fingerprint density at radius 1 is 0.705 bits per heavy atom. The second-order valence-corrected chi connectivity index (χ2v) is 11.4. The Labute approximate surface area is 253 Å². The Hall–Kier alpha value is -5.84. The average Bonchev–Trinajstić information content (AvgIpc) is 3.03. The fourth-order valence-corrected chi connectivity index (χ4v) is 6.87. The Kier molecular flexibility index (Phi) is 5.48. The molecule has 1 unspecified atom stereocenters. The number of fused-ring (bicyclic) bond motifs is 1. The number of carbonyl (C=O) groups excluding carboxylic acids is 4. The van der Waals surface area contributed by atoms with Gasteiger partial charge in [0.15, 0.2) is 0 Å². The van der Waals surface area contributed by atoms with E-state index in [0.717, 1.165) is 11.1 Å². The van der Waals surface area contributed by atoms with Crippen LogP contribution >= 0.6 is 0 Å². The molecule has 1 atom stereocenters. The molecule has 6 nitrogen and oxygen atoms in total. The van der Waals surface area contributed by atoms with Crippen LogP contribution in [0.4, 0.5) is 11.4 Å². The van der Waals surface area contributed by atoms with Gasteiger partial charge >= 0.3 is 0 Å². The number of carbonyl (C=O) groups is 4. The Morgan fingerprint density at radius 2 is 1.36 bits per heavy atom. The summed E-state index contributed by atoms with van der Waals surface area (Å²) < 4.78 is 0. The van der Waals surface area contributed by atoms with E-state index >= 15 is 0 Å². The standard InChI is InChI=1S/C38H24N2O4/c1-23-17-18-28-32-26(34(41)39(36(28)43)24-10-4-2-5-11-24)15-9-20-38(22-30(23)32)21-19-29-33-27(14-8-16-31(33)38)35(42)40(37(29)44)25-12-6-3-7-13-25/h2-15,17-21H,22H2,1H3/b20-9+,26-15?. The fourth-order valence-electron chi connectivity index (χ4n) is 6.87. The minimum atomic E-state index is -0.783. The zero-order chi connectivity index (χ0) is 30.2. The maximum Gasteiger partial charge on any atom is 0.266 e. The molecular weight excluding hydrogens is 548 g/mol. The third kappa shape index (κ3) is 3.49. The Bertz CT molecular complexity index is 2100. The number of para-hydroxylation sites is 2. The number of allylic oxidation sites excluding steroid dienone is 6. The highest BCUT2D eigenvalue weighted by atomic mass is 16.2. The lowest BCUT2D eigenvalue weighted by atomic mass is 9.63. The molecular formula is C38H24N2O4. The van der Waals surface area contributed by atoms with E-state index in [1.165, 1.54) is 9.80 Å². The van der Waals surface area contributed by atoms with Crippen molar-refractivity contribution in [1.82, 2.24) is 0 Å². The van der Waals surface area contributed by atoms with Gasteiger partial charge in [0.25, 0.3) is 23.6 Å². The van der Waals surface area contributed by atoms with Crippen LogP contribution in [0, 0.1) is 12.3 Å². The fraction of sp³-hybridized carbons (Fsp3) is 0.0789. The highest BCUT2D eigenvalue weighted by molar-refractivity contribution is 6.41. The summed E-state index contributed by atoms with van der Waals surface area (Å²) in [5.74, 6) is -1.52. The van der Waals surface area contributed by atoms with Gasteiger partial charge in [0.05, 0.1) is 11.4 Å². The summed E-state index contributed by atoms with van der Waals surface area (Å²) in [5.41, 5.74) is 9.12. The first-order valence-corrected chi connectivity index (χ1v) is 14.4. The second kappa shape index (κ2) is 9.33. The molecule has 44 heavy (non-hydrogen) atoms. The summed E-state index contributed by atoms with van der Waals surface area (Å²) in [6.07, 6.45) is 13.3. The van der Waals surface area contributed by atoms with Crippen molar-refractivity contribution >= 4 is 40.6 Å². The van der Waals surface area contributed by atoms with Gasteiger partial charge in [-0.25, -0.2) is 9.80 Å². The van der Waals surface area contributed by atoms with E-state index < -0.39 is 5.41 Å². The van der Waals surface area contributed by atoms with E-state index in [1.807, 2.05) is 43.4 Å². The molecule has 0 radical (unpaired) electrons. The van der Waals surface area contributed by atoms with Crippen molar-refractivity contribution in [1.29, 1.82) is 0 Å². The number of imide groups is 2. The highest BCUT2D eigenvalue weighted by Gasteiger charge is 2.47. The summed E-state index contributed by atoms with van der Waals surface area (Å²) in [7, 11) is 0. The van der Waals surface area contributed by atoms with Crippen LogP contribution in [0.2, 0.25) is 0 Å². The molecule has 2 heterocycles. The highest BCUT2D eigenvalue weighted by Crippen LogP contribution is 2.51. The van der Waals surface area contributed by atoms with Crippen LogP contribution in [-0.2, 0) is 20.8 Å². The average molecular weight is 573 g/mol. The third-order valence-corrected chi connectivity index (χ3v) is 8.98. The van der Waals surface area contributed by atoms with E-state index in [4.69, 9.17) is 0 Å². The van der Waals surface area contributed by atoms with Gasteiger partial charge in [-0.3, -0.25) is 19.2 Å². The number of aryl methyl sites for hydroxylation is 1. The lowest BCUT2D eigenvalue weighted by molar-refractivity contribution is -0.123. The molecule has 0 saturated heterocycles. The molecule has 2 aliphatic heterocycles. The predicted molar refractivity (Wildman–Crippen MR) is 167 cm³/mol. The quantitative estimate of drug-likeness (QED) is 0.274. The van der Waals surface area contributed by atoms with Crippen LogP contribution in [0.3, 0.4) is 0 Å². The van der Waals surface area contributed by atoms with Gasteiger partial charge in [0.2, 0.25) is 0 Å². The minimum Gasteiger partial charge on any atom is -0.268 e.